The second-order valence-corrected chi connectivity index (χ2v) is 3.86. The number of rotatable bonds is 4. The lowest BCUT2D eigenvalue weighted by Gasteiger charge is -2.06. The van der Waals surface area contributed by atoms with Crippen molar-refractivity contribution in [2.75, 3.05) is 5.73 Å². The second-order valence-electron chi connectivity index (χ2n) is 3.86. The van der Waals surface area contributed by atoms with E-state index in [9.17, 15) is 4.79 Å². The molecule has 0 aliphatic carbocycles. The number of nitrogens with two attached hydrogens (primary N) is 2. The summed E-state index contributed by atoms with van der Waals surface area (Å²) < 4.78 is 1.74. The van der Waals surface area contributed by atoms with Gasteiger partial charge in [0.1, 0.15) is 12.4 Å². The van der Waals surface area contributed by atoms with E-state index in [1.54, 1.807) is 17.0 Å². The third kappa shape index (κ3) is 2.84. The molecule has 2 rings (SSSR count). The minimum Gasteiger partial charge on any atom is -0.399 e. The van der Waals surface area contributed by atoms with Gasteiger partial charge < -0.3 is 16.0 Å². The fourth-order valence-corrected chi connectivity index (χ4v) is 1.70. The molecule has 0 aliphatic rings. The molecule has 4 N–H and O–H groups in total. The summed E-state index contributed by atoms with van der Waals surface area (Å²) in [6, 6.07) is 7.59. The van der Waals surface area contributed by atoms with Gasteiger partial charge in [-0.25, -0.2) is 4.98 Å². The molecule has 1 aromatic carbocycles. The van der Waals surface area contributed by atoms with Crippen LogP contribution in [-0.4, -0.2) is 15.5 Å². The van der Waals surface area contributed by atoms with Gasteiger partial charge in [0, 0.05) is 24.5 Å². The highest BCUT2D eigenvalue weighted by Crippen LogP contribution is 2.11. The lowest BCUT2D eigenvalue weighted by molar-refractivity contribution is -0.118. The molecule has 88 valence electrons. The van der Waals surface area contributed by atoms with Gasteiger partial charge in [-0.05, 0) is 17.7 Å². The Morgan fingerprint density at radius 1 is 1.41 bits per heavy atom. The van der Waals surface area contributed by atoms with Crippen LogP contribution in [0.2, 0.25) is 0 Å². The summed E-state index contributed by atoms with van der Waals surface area (Å²) >= 11 is 0. The number of benzene rings is 1. The van der Waals surface area contributed by atoms with E-state index in [0.717, 1.165) is 17.1 Å². The normalized spacial score (nSPS) is 10.4. The van der Waals surface area contributed by atoms with Gasteiger partial charge in [0.2, 0.25) is 5.91 Å². The van der Waals surface area contributed by atoms with E-state index in [1.165, 1.54) is 0 Å². The number of carbonyl (C=O) groups is 1. The number of carbonyl (C=O) groups excluding carboxylic acids is 1. The molecule has 0 atom stereocenters. The van der Waals surface area contributed by atoms with Crippen LogP contribution in [0.3, 0.4) is 0 Å². The number of hydrogen-bond acceptors (Lipinski definition) is 3. The van der Waals surface area contributed by atoms with Crippen LogP contribution in [-0.2, 0) is 17.8 Å². The number of anilines is 1. The minimum absolute atomic E-state index is 0.150. The van der Waals surface area contributed by atoms with Gasteiger partial charge in [-0.3, -0.25) is 4.79 Å². The number of hydrogen-bond donors (Lipinski definition) is 2. The molecule has 17 heavy (non-hydrogen) atoms. The summed E-state index contributed by atoms with van der Waals surface area (Å²) in [7, 11) is 0. The predicted octanol–water partition coefficient (Wildman–Crippen LogP) is 0.541. The lowest BCUT2D eigenvalue weighted by atomic mass is 10.1. The lowest BCUT2D eigenvalue weighted by Crippen LogP contribution is -2.19. The Bertz CT molecular complexity index is 533. The maximum Gasteiger partial charge on any atom is 0.237 e. The van der Waals surface area contributed by atoms with Crippen LogP contribution in [0.4, 0.5) is 5.69 Å². The molecule has 0 radical (unpaired) electrons. The predicted molar refractivity (Wildman–Crippen MR) is 65.1 cm³/mol. The highest BCUT2D eigenvalue weighted by atomic mass is 16.1. The maximum atomic E-state index is 10.9. The number of amides is 1. The molecular weight excluding hydrogens is 216 g/mol. The molecule has 0 saturated carbocycles. The van der Waals surface area contributed by atoms with Crippen LogP contribution in [0.1, 0.15) is 11.4 Å². The molecule has 5 nitrogen and oxygen atoms in total. The summed E-state index contributed by atoms with van der Waals surface area (Å²) in [4.78, 5) is 15.1. The van der Waals surface area contributed by atoms with Gasteiger partial charge in [-0.1, -0.05) is 12.1 Å². The highest BCUT2D eigenvalue weighted by molar-refractivity contribution is 5.73. The highest BCUT2D eigenvalue weighted by Gasteiger charge is 2.06. The number of primary amides is 1. The van der Waals surface area contributed by atoms with Gasteiger partial charge in [0.15, 0.2) is 0 Å². The topological polar surface area (TPSA) is 86.9 Å². The summed E-state index contributed by atoms with van der Waals surface area (Å²) in [5.41, 5.74) is 12.6. The molecule has 5 heteroatoms. The Kier molecular flexibility index (Phi) is 3.09. The van der Waals surface area contributed by atoms with E-state index < -0.39 is 0 Å². The maximum absolute atomic E-state index is 10.9. The smallest absolute Gasteiger partial charge is 0.237 e. The molecule has 1 amide bonds. The Morgan fingerprint density at radius 3 is 2.94 bits per heavy atom. The Hall–Kier alpha value is -2.30. The molecule has 1 heterocycles. The van der Waals surface area contributed by atoms with E-state index in [1.807, 2.05) is 24.3 Å². The Labute approximate surface area is 99.1 Å². The zero-order chi connectivity index (χ0) is 12.3. The number of nitrogen functional groups attached to an aromatic ring is 1. The van der Waals surface area contributed by atoms with Crippen molar-refractivity contribution in [1.82, 2.24) is 9.55 Å². The van der Waals surface area contributed by atoms with Crippen LogP contribution in [0.25, 0.3) is 0 Å². The zero-order valence-electron chi connectivity index (χ0n) is 9.34. The van der Waals surface area contributed by atoms with Gasteiger partial charge >= 0.3 is 0 Å². The van der Waals surface area contributed by atoms with E-state index in [2.05, 4.69) is 4.98 Å². The van der Waals surface area contributed by atoms with E-state index in [-0.39, 0.29) is 12.5 Å². The van der Waals surface area contributed by atoms with Gasteiger partial charge in [0.05, 0.1) is 0 Å². The average Bonchev–Trinajstić information content (AvgIpc) is 2.65. The van der Waals surface area contributed by atoms with Crippen molar-refractivity contribution in [1.29, 1.82) is 0 Å². The van der Waals surface area contributed by atoms with Crippen molar-refractivity contribution in [3.05, 3.63) is 48.0 Å². The number of nitrogens with zero attached hydrogens (tertiary/aromatic N) is 2. The summed E-state index contributed by atoms with van der Waals surface area (Å²) in [5, 5.41) is 0. The fraction of sp³-hybridized carbons (Fsp3) is 0.167. The van der Waals surface area contributed by atoms with Gasteiger partial charge in [-0.15, -0.1) is 0 Å². The largest absolute Gasteiger partial charge is 0.399 e. The quantitative estimate of drug-likeness (QED) is 0.751. The number of aromatic nitrogens is 2. The molecule has 1 aromatic heterocycles. The van der Waals surface area contributed by atoms with Crippen molar-refractivity contribution in [2.24, 2.45) is 5.73 Å². The third-order valence-corrected chi connectivity index (χ3v) is 2.44. The van der Waals surface area contributed by atoms with Crippen molar-refractivity contribution in [3.8, 4) is 0 Å². The first-order valence-electron chi connectivity index (χ1n) is 5.28. The van der Waals surface area contributed by atoms with Crippen molar-refractivity contribution in [3.63, 3.8) is 0 Å². The second kappa shape index (κ2) is 4.69. The van der Waals surface area contributed by atoms with Crippen molar-refractivity contribution < 1.29 is 4.79 Å². The van der Waals surface area contributed by atoms with Gasteiger partial charge in [-0.2, -0.15) is 0 Å². The summed E-state index contributed by atoms with van der Waals surface area (Å²) in [6.07, 6.45) is 4.03. The van der Waals surface area contributed by atoms with Crippen LogP contribution in [0.5, 0.6) is 0 Å². The zero-order valence-corrected chi connectivity index (χ0v) is 9.34. The molecule has 2 aromatic rings. The first-order valence-corrected chi connectivity index (χ1v) is 5.28. The number of imidazole rings is 1. The molecule has 0 aliphatic heterocycles. The monoisotopic (exact) mass is 230 g/mol. The van der Waals surface area contributed by atoms with Crippen LogP contribution in [0, 0.1) is 0 Å². The molecule has 0 spiro atoms. The molecular formula is C12H14N4O. The SMILES string of the molecule is NC(=O)Cn1ccnc1Cc1cccc(N)c1. The van der Waals surface area contributed by atoms with Crippen molar-refractivity contribution >= 4 is 11.6 Å². The van der Waals surface area contributed by atoms with Gasteiger partial charge in [0.25, 0.3) is 0 Å². The molecule has 0 bridgehead atoms. The Balaban J connectivity index is 2.18. The first-order chi connectivity index (χ1) is 8.15. The summed E-state index contributed by atoms with van der Waals surface area (Å²) in [5.74, 6) is 0.422. The Morgan fingerprint density at radius 2 is 2.24 bits per heavy atom. The minimum atomic E-state index is -0.378. The van der Waals surface area contributed by atoms with E-state index in [4.69, 9.17) is 11.5 Å². The van der Waals surface area contributed by atoms with Crippen LogP contribution in [0.15, 0.2) is 36.7 Å². The first kappa shape index (κ1) is 11.2. The molecule has 0 unspecified atom stereocenters. The standard InChI is InChI=1S/C12H14N4O/c13-10-3-1-2-9(6-10)7-12-15-4-5-16(12)8-11(14)17/h1-6H,7-8,13H2,(H2,14,17). The third-order valence-electron chi connectivity index (χ3n) is 2.44. The van der Waals surface area contributed by atoms with Crippen LogP contribution < -0.4 is 11.5 Å². The summed E-state index contributed by atoms with van der Waals surface area (Å²) in [6.45, 7) is 0.150. The average molecular weight is 230 g/mol. The molecule has 0 fully saturated rings. The van der Waals surface area contributed by atoms with Crippen LogP contribution >= 0.6 is 0 Å². The van der Waals surface area contributed by atoms with Crippen molar-refractivity contribution in [2.45, 2.75) is 13.0 Å². The fourth-order valence-electron chi connectivity index (χ4n) is 1.70. The van der Waals surface area contributed by atoms with E-state index >= 15 is 0 Å². The molecule has 0 saturated heterocycles. The van der Waals surface area contributed by atoms with E-state index in [0.29, 0.717) is 6.42 Å².